The number of rotatable bonds is 3. The fourth-order valence-electron chi connectivity index (χ4n) is 1.55. The molecule has 4 nitrogen and oxygen atoms in total. The van der Waals surface area contributed by atoms with Gasteiger partial charge < -0.3 is 10.6 Å². The molecule has 1 aromatic heterocycles. The van der Waals surface area contributed by atoms with Crippen molar-refractivity contribution >= 4 is 28.9 Å². The molecule has 0 saturated heterocycles. The third-order valence-corrected chi connectivity index (χ3v) is 2.82. The fraction of sp³-hybridized carbons (Fsp3) is 0.0769. The van der Waals surface area contributed by atoms with Gasteiger partial charge in [0.25, 0.3) is 5.91 Å². The maximum atomic E-state index is 13.6. The highest BCUT2D eigenvalue weighted by Crippen LogP contribution is 2.26. The second kappa shape index (κ2) is 5.83. The van der Waals surface area contributed by atoms with Crippen molar-refractivity contribution in [1.82, 2.24) is 4.98 Å². The number of nitrogens with one attached hydrogen (secondary N) is 2. The van der Waals surface area contributed by atoms with E-state index in [9.17, 15) is 13.6 Å². The molecule has 0 aliphatic carbocycles. The van der Waals surface area contributed by atoms with E-state index in [1.54, 1.807) is 13.1 Å². The number of pyridine rings is 1. The number of anilines is 2. The second-order valence-electron chi connectivity index (χ2n) is 3.88. The van der Waals surface area contributed by atoms with Gasteiger partial charge >= 0.3 is 0 Å². The molecule has 2 aromatic rings. The van der Waals surface area contributed by atoms with Gasteiger partial charge in [0.2, 0.25) is 0 Å². The number of halogens is 3. The van der Waals surface area contributed by atoms with E-state index in [1.165, 1.54) is 12.3 Å². The number of amides is 1. The van der Waals surface area contributed by atoms with E-state index in [4.69, 9.17) is 11.6 Å². The van der Waals surface area contributed by atoms with Crippen LogP contribution in [-0.4, -0.2) is 17.9 Å². The Morgan fingerprint density at radius 3 is 2.70 bits per heavy atom. The van der Waals surface area contributed by atoms with Gasteiger partial charge in [-0.2, -0.15) is 0 Å². The smallest absolute Gasteiger partial charge is 0.274 e. The van der Waals surface area contributed by atoms with E-state index < -0.39 is 17.5 Å². The van der Waals surface area contributed by atoms with Crippen LogP contribution in [0.5, 0.6) is 0 Å². The van der Waals surface area contributed by atoms with E-state index >= 15 is 0 Å². The molecule has 0 aliphatic heterocycles. The van der Waals surface area contributed by atoms with Crippen molar-refractivity contribution in [3.8, 4) is 0 Å². The van der Waals surface area contributed by atoms with Crippen molar-refractivity contribution in [3.63, 3.8) is 0 Å². The zero-order chi connectivity index (χ0) is 14.7. The lowest BCUT2D eigenvalue weighted by molar-refractivity contribution is 0.102. The summed E-state index contributed by atoms with van der Waals surface area (Å²) in [4.78, 5) is 15.8. The lowest BCUT2D eigenvalue weighted by Gasteiger charge is -2.09. The van der Waals surface area contributed by atoms with Gasteiger partial charge in [0.15, 0.2) is 5.82 Å². The van der Waals surface area contributed by atoms with Gasteiger partial charge in [-0.3, -0.25) is 9.78 Å². The second-order valence-corrected chi connectivity index (χ2v) is 4.29. The van der Waals surface area contributed by atoms with Crippen molar-refractivity contribution in [1.29, 1.82) is 0 Å². The summed E-state index contributed by atoms with van der Waals surface area (Å²) in [6, 6.07) is 4.71. The summed E-state index contributed by atoms with van der Waals surface area (Å²) in [6.07, 6.45) is 1.43. The van der Waals surface area contributed by atoms with E-state index in [2.05, 4.69) is 15.6 Å². The number of hydrogen-bond donors (Lipinski definition) is 2. The highest BCUT2D eigenvalue weighted by Gasteiger charge is 2.15. The number of benzene rings is 1. The van der Waals surface area contributed by atoms with Gasteiger partial charge in [-0.25, -0.2) is 8.78 Å². The third-order valence-electron chi connectivity index (χ3n) is 2.53. The van der Waals surface area contributed by atoms with Crippen LogP contribution in [0, 0.1) is 11.6 Å². The van der Waals surface area contributed by atoms with E-state index in [-0.39, 0.29) is 16.4 Å². The Bertz CT molecular complexity index is 641. The van der Waals surface area contributed by atoms with Gasteiger partial charge in [-0.15, -0.1) is 0 Å². The molecule has 0 spiro atoms. The van der Waals surface area contributed by atoms with Crippen LogP contribution in [-0.2, 0) is 0 Å². The summed E-state index contributed by atoms with van der Waals surface area (Å²) < 4.78 is 26.5. The molecule has 1 amide bonds. The highest BCUT2D eigenvalue weighted by atomic mass is 35.5. The topological polar surface area (TPSA) is 54.0 Å². The molecule has 0 fully saturated rings. The Kier molecular flexibility index (Phi) is 4.14. The van der Waals surface area contributed by atoms with Gasteiger partial charge in [-0.1, -0.05) is 11.6 Å². The van der Waals surface area contributed by atoms with Crippen molar-refractivity contribution in [2.75, 3.05) is 17.7 Å². The zero-order valence-electron chi connectivity index (χ0n) is 10.4. The lowest BCUT2D eigenvalue weighted by Crippen LogP contribution is -2.15. The van der Waals surface area contributed by atoms with Gasteiger partial charge in [0.05, 0.1) is 10.7 Å². The average molecular weight is 298 g/mol. The van der Waals surface area contributed by atoms with Gasteiger partial charge in [-0.05, 0) is 18.2 Å². The number of nitrogens with zero attached hydrogens (tertiary/aromatic N) is 1. The van der Waals surface area contributed by atoms with Gasteiger partial charge in [0, 0.05) is 25.0 Å². The Morgan fingerprint density at radius 2 is 2.05 bits per heavy atom. The standard InChI is InChI=1S/C13H10ClF2N3O/c1-17-8-2-3-18-11(6-8)13(20)19-12-9(14)4-7(15)5-10(12)16/h2-6H,1H3,(H,17,18)(H,19,20). The van der Waals surface area contributed by atoms with Crippen LogP contribution in [0.4, 0.5) is 20.2 Å². The molecule has 104 valence electrons. The van der Waals surface area contributed by atoms with Crippen LogP contribution in [0.25, 0.3) is 0 Å². The van der Waals surface area contributed by atoms with E-state index in [0.717, 1.165) is 6.07 Å². The van der Waals surface area contributed by atoms with Crippen LogP contribution in [0.1, 0.15) is 10.5 Å². The minimum atomic E-state index is -0.951. The first kappa shape index (κ1) is 14.2. The SMILES string of the molecule is CNc1ccnc(C(=O)Nc2c(F)cc(F)cc2Cl)c1. The molecule has 2 rings (SSSR count). The minimum absolute atomic E-state index is 0.0802. The molecule has 0 saturated carbocycles. The molecule has 0 atom stereocenters. The Hall–Kier alpha value is -2.21. The summed E-state index contributed by atoms with van der Waals surface area (Å²) in [5.74, 6) is -2.41. The number of aromatic nitrogens is 1. The Balaban J connectivity index is 2.28. The van der Waals surface area contributed by atoms with Crippen molar-refractivity contribution < 1.29 is 13.6 Å². The molecule has 20 heavy (non-hydrogen) atoms. The maximum absolute atomic E-state index is 13.6. The van der Waals surface area contributed by atoms with Crippen molar-refractivity contribution in [2.24, 2.45) is 0 Å². The predicted molar refractivity (Wildman–Crippen MR) is 73.1 cm³/mol. The Morgan fingerprint density at radius 1 is 1.30 bits per heavy atom. The minimum Gasteiger partial charge on any atom is -0.388 e. The first-order valence-electron chi connectivity index (χ1n) is 5.61. The lowest BCUT2D eigenvalue weighted by atomic mass is 10.2. The van der Waals surface area contributed by atoms with Gasteiger partial charge in [0.1, 0.15) is 11.5 Å². The zero-order valence-corrected chi connectivity index (χ0v) is 11.1. The Labute approximate surface area is 118 Å². The molecule has 0 bridgehead atoms. The fourth-order valence-corrected chi connectivity index (χ4v) is 1.79. The van der Waals surface area contributed by atoms with Crippen LogP contribution >= 0.6 is 11.6 Å². The predicted octanol–water partition coefficient (Wildman–Crippen LogP) is 3.31. The summed E-state index contributed by atoms with van der Waals surface area (Å²) in [5, 5.41) is 4.90. The quantitative estimate of drug-likeness (QED) is 0.914. The number of carbonyl (C=O) groups is 1. The molecule has 1 heterocycles. The van der Waals surface area contributed by atoms with Crippen LogP contribution in [0.3, 0.4) is 0 Å². The maximum Gasteiger partial charge on any atom is 0.274 e. The summed E-state index contributed by atoms with van der Waals surface area (Å²) in [6.45, 7) is 0. The normalized spacial score (nSPS) is 10.2. The largest absolute Gasteiger partial charge is 0.388 e. The molecule has 1 aromatic carbocycles. The average Bonchev–Trinajstić information content (AvgIpc) is 2.42. The van der Waals surface area contributed by atoms with E-state index in [0.29, 0.717) is 11.8 Å². The van der Waals surface area contributed by atoms with Crippen LogP contribution in [0.15, 0.2) is 30.5 Å². The molecule has 2 N–H and O–H groups in total. The molecule has 0 radical (unpaired) electrons. The molecule has 7 heteroatoms. The molecule has 0 unspecified atom stereocenters. The molecule has 0 aliphatic rings. The summed E-state index contributed by atoms with van der Waals surface area (Å²) in [7, 11) is 1.69. The summed E-state index contributed by atoms with van der Waals surface area (Å²) >= 11 is 5.70. The van der Waals surface area contributed by atoms with Crippen LogP contribution in [0.2, 0.25) is 5.02 Å². The summed E-state index contributed by atoms with van der Waals surface area (Å²) in [5.41, 5.74) is 0.474. The highest BCUT2D eigenvalue weighted by molar-refractivity contribution is 6.34. The molecular formula is C13H10ClF2N3O. The molecular weight excluding hydrogens is 288 g/mol. The van der Waals surface area contributed by atoms with Crippen molar-refractivity contribution in [2.45, 2.75) is 0 Å². The monoisotopic (exact) mass is 297 g/mol. The first-order chi connectivity index (χ1) is 9.51. The van der Waals surface area contributed by atoms with Crippen LogP contribution < -0.4 is 10.6 Å². The van der Waals surface area contributed by atoms with E-state index in [1.807, 2.05) is 0 Å². The number of hydrogen-bond acceptors (Lipinski definition) is 3. The number of carbonyl (C=O) groups excluding carboxylic acids is 1. The third kappa shape index (κ3) is 3.03. The first-order valence-corrected chi connectivity index (χ1v) is 5.98. The van der Waals surface area contributed by atoms with Crippen molar-refractivity contribution in [3.05, 3.63) is 52.8 Å².